The van der Waals surface area contributed by atoms with E-state index in [1.54, 1.807) is 29.2 Å². The molecule has 0 spiro atoms. The Morgan fingerprint density at radius 1 is 1.39 bits per heavy atom. The third-order valence-electron chi connectivity index (χ3n) is 3.67. The summed E-state index contributed by atoms with van der Waals surface area (Å²) in [5.41, 5.74) is 5.31. The molecule has 1 aromatic carbocycles. The van der Waals surface area contributed by atoms with E-state index in [-0.39, 0.29) is 29.9 Å². The third kappa shape index (κ3) is 4.00. The minimum Gasteiger partial charge on any atom is -0.483 e. The first-order valence-corrected chi connectivity index (χ1v) is 7.51. The zero-order valence-electron chi connectivity index (χ0n) is 13.2. The Morgan fingerprint density at radius 2 is 2.09 bits per heavy atom. The zero-order valence-corrected chi connectivity index (χ0v) is 13.2. The highest BCUT2D eigenvalue weighted by molar-refractivity contribution is 6.00. The summed E-state index contributed by atoms with van der Waals surface area (Å²) < 4.78 is 5.24. The van der Waals surface area contributed by atoms with Crippen molar-refractivity contribution in [3.05, 3.63) is 29.8 Å². The number of primary amides is 1. The van der Waals surface area contributed by atoms with E-state index in [9.17, 15) is 14.4 Å². The number of carbonyl (C=O) groups is 3. The lowest BCUT2D eigenvalue weighted by atomic mass is 10.1. The second-order valence-electron chi connectivity index (χ2n) is 5.69. The van der Waals surface area contributed by atoms with Gasteiger partial charge in [0.25, 0.3) is 11.8 Å². The van der Waals surface area contributed by atoms with Gasteiger partial charge in [-0.3, -0.25) is 14.4 Å². The van der Waals surface area contributed by atoms with E-state index < -0.39 is 17.9 Å². The summed E-state index contributed by atoms with van der Waals surface area (Å²) in [5.74, 6) is -0.855. The van der Waals surface area contributed by atoms with Crippen molar-refractivity contribution in [1.82, 2.24) is 10.2 Å². The second-order valence-corrected chi connectivity index (χ2v) is 5.69. The van der Waals surface area contributed by atoms with Crippen LogP contribution in [0.1, 0.15) is 30.6 Å². The van der Waals surface area contributed by atoms with E-state index in [0.29, 0.717) is 13.0 Å². The summed E-state index contributed by atoms with van der Waals surface area (Å²) >= 11 is 0. The molecule has 1 aliphatic heterocycles. The van der Waals surface area contributed by atoms with Crippen molar-refractivity contribution in [2.24, 2.45) is 5.73 Å². The fraction of sp³-hybridized carbons (Fsp3) is 0.438. The van der Waals surface area contributed by atoms with Crippen LogP contribution in [-0.4, -0.2) is 47.9 Å². The first kappa shape index (κ1) is 16.8. The molecule has 0 radical (unpaired) electrons. The summed E-state index contributed by atoms with van der Waals surface area (Å²) in [6.07, 6.45) is 0.576. The molecular weight excluding hydrogens is 298 g/mol. The zero-order chi connectivity index (χ0) is 17.0. The molecule has 1 aliphatic rings. The van der Waals surface area contributed by atoms with E-state index in [1.807, 2.05) is 13.8 Å². The summed E-state index contributed by atoms with van der Waals surface area (Å²) in [4.78, 5) is 37.2. The smallest absolute Gasteiger partial charge is 0.255 e. The molecule has 3 N–H and O–H groups in total. The topological polar surface area (TPSA) is 102 Å². The van der Waals surface area contributed by atoms with E-state index in [2.05, 4.69) is 5.32 Å². The van der Waals surface area contributed by atoms with Gasteiger partial charge < -0.3 is 20.7 Å². The molecule has 0 aliphatic carbocycles. The predicted octanol–water partition coefficient (Wildman–Crippen LogP) is 0.290. The number of nitrogens with one attached hydrogen (secondary N) is 1. The summed E-state index contributed by atoms with van der Waals surface area (Å²) in [5, 5.41) is 2.73. The highest BCUT2D eigenvalue weighted by Gasteiger charge is 2.34. The van der Waals surface area contributed by atoms with Crippen LogP contribution in [0.25, 0.3) is 0 Å². The van der Waals surface area contributed by atoms with Gasteiger partial charge in [0, 0.05) is 12.6 Å². The summed E-state index contributed by atoms with van der Waals surface area (Å²) in [6, 6.07) is 6.10. The van der Waals surface area contributed by atoms with Crippen LogP contribution in [0.3, 0.4) is 0 Å². The maximum Gasteiger partial charge on any atom is 0.255 e. The molecule has 1 atom stereocenters. The standard InChI is InChI=1S/C16H21N3O4/c1-10(2)19-8-7-12(16(19)22)18-15(21)11-5-3-4-6-13(11)23-9-14(17)20/h3-6,10,12H,7-9H2,1-2H3,(H2,17,20)(H,18,21). The van der Waals surface area contributed by atoms with E-state index in [1.165, 1.54) is 0 Å². The van der Waals surface area contributed by atoms with Crippen LogP contribution in [-0.2, 0) is 9.59 Å². The number of rotatable bonds is 6. The molecule has 2 rings (SSSR count). The van der Waals surface area contributed by atoms with Gasteiger partial charge in [-0.15, -0.1) is 0 Å². The number of hydrogen-bond donors (Lipinski definition) is 2. The molecule has 1 unspecified atom stereocenters. The SMILES string of the molecule is CC(C)N1CCC(NC(=O)c2ccccc2OCC(N)=O)C1=O. The van der Waals surface area contributed by atoms with Gasteiger partial charge >= 0.3 is 0 Å². The van der Waals surface area contributed by atoms with Gasteiger partial charge in [-0.1, -0.05) is 12.1 Å². The van der Waals surface area contributed by atoms with Crippen molar-refractivity contribution >= 4 is 17.7 Å². The molecular formula is C16H21N3O4. The highest BCUT2D eigenvalue weighted by atomic mass is 16.5. The van der Waals surface area contributed by atoms with Gasteiger partial charge in [-0.05, 0) is 32.4 Å². The average Bonchev–Trinajstić information content (AvgIpc) is 2.86. The van der Waals surface area contributed by atoms with Crippen molar-refractivity contribution in [3.63, 3.8) is 0 Å². The maximum absolute atomic E-state index is 12.4. The number of amides is 3. The molecule has 1 saturated heterocycles. The number of ether oxygens (including phenoxy) is 1. The van der Waals surface area contributed by atoms with Crippen molar-refractivity contribution < 1.29 is 19.1 Å². The minimum absolute atomic E-state index is 0.0797. The minimum atomic E-state index is -0.626. The van der Waals surface area contributed by atoms with Gasteiger partial charge in [-0.25, -0.2) is 0 Å². The van der Waals surface area contributed by atoms with Gasteiger partial charge in [0.1, 0.15) is 11.8 Å². The van der Waals surface area contributed by atoms with Crippen LogP contribution in [0.2, 0.25) is 0 Å². The lowest BCUT2D eigenvalue weighted by molar-refractivity contribution is -0.130. The van der Waals surface area contributed by atoms with Crippen LogP contribution in [0.5, 0.6) is 5.75 Å². The van der Waals surface area contributed by atoms with Crippen molar-refractivity contribution in [2.75, 3.05) is 13.2 Å². The van der Waals surface area contributed by atoms with Crippen LogP contribution in [0.15, 0.2) is 24.3 Å². The van der Waals surface area contributed by atoms with E-state index in [0.717, 1.165) is 0 Å². The number of nitrogens with zero attached hydrogens (tertiary/aromatic N) is 1. The fourth-order valence-electron chi connectivity index (χ4n) is 2.51. The fourth-order valence-corrected chi connectivity index (χ4v) is 2.51. The Hall–Kier alpha value is -2.57. The van der Waals surface area contributed by atoms with Gasteiger partial charge in [0.2, 0.25) is 5.91 Å². The Balaban J connectivity index is 2.07. The monoisotopic (exact) mass is 319 g/mol. The molecule has 0 saturated carbocycles. The lowest BCUT2D eigenvalue weighted by Crippen LogP contribution is -2.43. The largest absolute Gasteiger partial charge is 0.483 e. The van der Waals surface area contributed by atoms with Crippen molar-refractivity contribution in [1.29, 1.82) is 0 Å². The molecule has 1 heterocycles. The van der Waals surface area contributed by atoms with E-state index in [4.69, 9.17) is 10.5 Å². The number of hydrogen-bond acceptors (Lipinski definition) is 4. The number of benzene rings is 1. The van der Waals surface area contributed by atoms with Crippen LogP contribution in [0.4, 0.5) is 0 Å². The Bertz CT molecular complexity index is 615. The number of para-hydroxylation sites is 1. The number of carbonyl (C=O) groups excluding carboxylic acids is 3. The molecule has 0 bridgehead atoms. The highest BCUT2D eigenvalue weighted by Crippen LogP contribution is 2.20. The molecule has 0 aromatic heterocycles. The molecule has 7 nitrogen and oxygen atoms in total. The van der Waals surface area contributed by atoms with Crippen molar-refractivity contribution in [2.45, 2.75) is 32.4 Å². The van der Waals surface area contributed by atoms with Crippen LogP contribution in [0, 0.1) is 0 Å². The lowest BCUT2D eigenvalue weighted by Gasteiger charge is -2.21. The van der Waals surface area contributed by atoms with Gasteiger partial charge in [0.05, 0.1) is 5.56 Å². The Morgan fingerprint density at radius 3 is 2.70 bits per heavy atom. The molecule has 7 heteroatoms. The Labute approximate surface area is 134 Å². The Kier molecular flexibility index (Phi) is 5.20. The predicted molar refractivity (Wildman–Crippen MR) is 83.9 cm³/mol. The summed E-state index contributed by atoms with van der Waals surface area (Å²) in [6.45, 7) is 4.19. The molecule has 1 aromatic rings. The van der Waals surface area contributed by atoms with Gasteiger partial charge in [0.15, 0.2) is 6.61 Å². The normalized spacial score (nSPS) is 17.4. The second kappa shape index (κ2) is 7.13. The number of nitrogens with two attached hydrogens (primary N) is 1. The molecule has 1 fully saturated rings. The average molecular weight is 319 g/mol. The van der Waals surface area contributed by atoms with Crippen molar-refractivity contribution in [3.8, 4) is 5.75 Å². The maximum atomic E-state index is 12.4. The molecule has 23 heavy (non-hydrogen) atoms. The molecule has 3 amide bonds. The number of likely N-dealkylation sites (tertiary alicyclic amines) is 1. The molecule has 124 valence electrons. The quantitative estimate of drug-likeness (QED) is 0.787. The first-order valence-electron chi connectivity index (χ1n) is 7.51. The van der Waals surface area contributed by atoms with Crippen LogP contribution < -0.4 is 15.8 Å². The van der Waals surface area contributed by atoms with E-state index >= 15 is 0 Å². The summed E-state index contributed by atoms with van der Waals surface area (Å²) in [7, 11) is 0. The van der Waals surface area contributed by atoms with Gasteiger partial charge in [-0.2, -0.15) is 0 Å². The van der Waals surface area contributed by atoms with Crippen LogP contribution >= 0.6 is 0 Å². The first-order chi connectivity index (χ1) is 10.9. The third-order valence-corrected chi connectivity index (χ3v) is 3.67.